The minimum atomic E-state index is -0.325. The Balaban J connectivity index is 1.80. The number of amides is 1. The Morgan fingerprint density at radius 3 is 2.67 bits per heavy atom. The normalized spacial score (nSPS) is 10.3. The molecule has 0 aliphatic rings. The van der Waals surface area contributed by atoms with Crippen LogP contribution in [0.4, 0.5) is 5.69 Å². The van der Waals surface area contributed by atoms with Crippen LogP contribution in [0.15, 0.2) is 60.0 Å². The molecule has 0 aliphatic heterocycles. The lowest BCUT2D eigenvalue weighted by Crippen LogP contribution is -2.17. The van der Waals surface area contributed by atoms with Gasteiger partial charge in [0.2, 0.25) is 0 Å². The van der Waals surface area contributed by atoms with E-state index in [9.17, 15) is 9.59 Å². The zero-order chi connectivity index (χ0) is 14.7. The third-order valence-corrected chi connectivity index (χ3v) is 2.84. The maximum atomic E-state index is 11.8. The van der Waals surface area contributed by atoms with E-state index in [0.29, 0.717) is 11.4 Å². The highest BCUT2D eigenvalue weighted by Gasteiger charge is 2.08. The van der Waals surface area contributed by atoms with Crippen LogP contribution in [0.5, 0.6) is 0 Å². The van der Waals surface area contributed by atoms with Crippen LogP contribution in [0.3, 0.4) is 0 Å². The number of nitrogens with zero attached hydrogens (tertiary/aromatic N) is 3. The molecule has 2 N–H and O–H groups in total. The molecule has 0 aliphatic carbocycles. The van der Waals surface area contributed by atoms with Crippen molar-refractivity contribution in [3.05, 3.63) is 71.4 Å². The zero-order valence-electron chi connectivity index (χ0n) is 10.9. The van der Waals surface area contributed by atoms with Crippen molar-refractivity contribution >= 4 is 11.6 Å². The van der Waals surface area contributed by atoms with Crippen molar-refractivity contribution < 1.29 is 4.79 Å². The molecular weight excluding hydrogens is 270 g/mol. The van der Waals surface area contributed by atoms with Gasteiger partial charge in [-0.15, -0.1) is 0 Å². The van der Waals surface area contributed by atoms with E-state index in [1.807, 2.05) is 0 Å². The molecule has 0 saturated heterocycles. The van der Waals surface area contributed by atoms with Gasteiger partial charge in [0.1, 0.15) is 0 Å². The lowest BCUT2D eigenvalue weighted by atomic mass is 10.2. The topological polar surface area (TPSA) is 92.7 Å². The first-order valence-corrected chi connectivity index (χ1v) is 6.18. The van der Waals surface area contributed by atoms with E-state index < -0.39 is 0 Å². The second-order valence-corrected chi connectivity index (χ2v) is 4.22. The van der Waals surface area contributed by atoms with E-state index in [1.165, 1.54) is 23.2 Å². The molecule has 7 heteroatoms. The number of imidazole rings is 1. The van der Waals surface area contributed by atoms with Crippen LogP contribution in [0, 0.1) is 0 Å². The molecule has 3 aromatic rings. The summed E-state index contributed by atoms with van der Waals surface area (Å²) < 4.78 is 1.46. The average Bonchev–Trinajstić information content (AvgIpc) is 3.03. The Kier molecular flexibility index (Phi) is 3.30. The number of nitrogens with one attached hydrogen (secondary N) is 2. The Bertz CT molecular complexity index is 806. The van der Waals surface area contributed by atoms with Crippen LogP contribution in [-0.2, 0) is 0 Å². The van der Waals surface area contributed by atoms with Crippen molar-refractivity contribution in [3.63, 3.8) is 0 Å². The third kappa shape index (κ3) is 2.71. The molecule has 21 heavy (non-hydrogen) atoms. The number of anilines is 1. The predicted molar refractivity (Wildman–Crippen MR) is 76.4 cm³/mol. The Morgan fingerprint density at radius 2 is 2.00 bits per heavy atom. The molecule has 0 bridgehead atoms. The smallest absolute Gasteiger partial charge is 0.291 e. The molecule has 1 amide bonds. The minimum Gasteiger partial charge on any atom is -0.341 e. The van der Waals surface area contributed by atoms with Gasteiger partial charge in [0, 0.05) is 36.2 Å². The predicted octanol–water partition coefficient (Wildman–Crippen LogP) is 1.21. The summed E-state index contributed by atoms with van der Waals surface area (Å²) in [7, 11) is 0. The number of carbonyl (C=O) groups is 1. The second kappa shape index (κ2) is 5.41. The molecule has 1 aromatic carbocycles. The number of carbonyl (C=O) groups excluding carboxylic acids is 1. The highest BCUT2D eigenvalue weighted by atomic mass is 16.2. The van der Waals surface area contributed by atoms with Gasteiger partial charge in [-0.2, -0.15) is 0 Å². The lowest BCUT2D eigenvalue weighted by Gasteiger charge is -2.07. The monoisotopic (exact) mass is 281 g/mol. The fraction of sp³-hybridized carbons (Fsp3) is 0. The van der Waals surface area contributed by atoms with E-state index in [-0.39, 0.29) is 17.3 Å². The summed E-state index contributed by atoms with van der Waals surface area (Å²) in [5.41, 5.74) is 1.09. The van der Waals surface area contributed by atoms with E-state index in [0.717, 1.165) is 0 Å². The average molecular weight is 281 g/mol. The molecule has 2 aromatic heterocycles. The van der Waals surface area contributed by atoms with Crippen molar-refractivity contribution in [1.82, 2.24) is 19.5 Å². The van der Waals surface area contributed by atoms with Crippen molar-refractivity contribution in [1.29, 1.82) is 0 Å². The Morgan fingerprint density at radius 1 is 1.19 bits per heavy atom. The SMILES string of the molecule is O=C(Nc1ccc(-n2ccncc2=O)cc1)c1ncc[nH]1. The van der Waals surface area contributed by atoms with Crippen molar-refractivity contribution in [2.45, 2.75) is 0 Å². The van der Waals surface area contributed by atoms with Crippen LogP contribution < -0.4 is 10.9 Å². The molecule has 0 saturated carbocycles. The number of benzene rings is 1. The number of hydrogen-bond donors (Lipinski definition) is 2. The third-order valence-electron chi connectivity index (χ3n) is 2.84. The largest absolute Gasteiger partial charge is 0.341 e. The molecule has 7 nitrogen and oxygen atoms in total. The van der Waals surface area contributed by atoms with Crippen LogP contribution in [0.1, 0.15) is 10.6 Å². The fourth-order valence-electron chi connectivity index (χ4n) is 1.85. The minimum absolute atomic E-state index is 0.218. The quantitative estimate of drug-likeness (QED) is 0.754. The first-order valence-electron chi connectivity index (χ1n) is 6.18. The van der Waals surface area contributed by atoms with Gasteiger partial charge in [0.15, 0.2) is 5.82 Å². The summed E-state index contributed by atoms with van der Waals surface area (Å²) >= 11 is 0. The first-order chi connectivity index (χ1) is 10.2. The Labute approximate surface area is 119 Å². The highest BCUT2D eigenvalue weighted by Crippen LogP contribution is 2.12. The number of aromatic amines is 1. The molecule has 104 valence electrons. The number of H-pyrrole nitrogens is 1. The molecule has 0 radical (unpaired) electrons. The number of hydrogen-bond acceptors (Lipinski definition) is 4. The summed E-state index contributed by atoms with van der Waals surface area (Å²) in [6.07, 6.45) is 7.45. The summed E-state index contributed by atoms with van der Waals surface area (Å²) in [6.45, 7) is 0. The van der Waals surface area contributed by atoms with Gasteiger partial charge >= 0.3 is 0 Å². The van der Waals surface area contributed by atoms with Gasteiger partial charge in [0.25, 0.3) is 11.5 Å². The van der Waals surface area contributed by atoms with Gasteiger partial charge in [-0.1, -0.05) is 0 Å². The number of aromatic nitrogens is 4. The van der Waals surface area contributed by atoms with Crippen molar-refractivity contribution in [2.75, 3.05) is 5.32 Å². The molecule has 0 fully saturated rings. The molecule has 0 spiro atoms. The molecule has 0 atom stereocenters. The van der Waals surface area contributed by atoms with Gasteiger partial charge in [-0.05, 0) is 24.3 Å². The Hall–Kier alpha value is -3.22. The highest BCUT2D eigenvalue weighted by molar-refractivity contribution is 6.01. The van der Waals surface area contributed by atoms with Crippen LogP contribution in [0.2, 0.25) is 0 Å². The maximum absolute atomic E-state index is 11.8. The van der Waals surface area contributed by atoms with Crippen LogP contribution in [-0.4, -0.2) is 25.4 Å². The standard InChI is InChI=1S/C14H11N5O2/c20-12-9-15-7-8-19(12)11-3-1-10(2-4-11)18-14(21)13-16-5-6-17-13/h1-9H,(H,16,17)(H,18,21). The van der Waals surface area contributed by atoms with Gasteiger partial charge in [-0.25, -0.2) is 4.98 Å². The van der Waals surface area contributed by atoms with E-state index in [4.69, 9.17) is 0 Å². The molecule has 2 heterocycles. The number of rotatable bonds is 3. The van der Waals surface area contributed by atoms with E-state index >= 15 is 0 Å². The maximum Gasteiger partial charge on any atom is 0.291 e. The zero-order valence-corrected chi connectivity index (χ0v) is 10.9. The summed E-state index contributed by atoms with van der Waals surface area (Å²) in [5.74, 6) is -0.0849. The molecule has 3 rings (SSSR count). The van der Waals surface area contributed by atoms with Crippen LogP contribution in [0.25, 0.3) is 5.69 Å². The van der Waals surface area contributed by atoms with Crippen molar-refractivity contribution in [3.8, 4) is 5.69 Å². The van der Waals surface area contributed by atoms with Crippen molar-refractivity contribution in [2.24, 2.45) is 0 Å². The van der Waals surface area contributed by atoms with Crippen LogP contribution >= 0.6 is 0 Å². The second-order valence-electron chi connectivity index (χ2n) is 4.22. The molecule has 0 unspecified atom stereocenters. The summed E-state index contributed by atoms with van der Waals surface area (Å²) in [4.78, 5) is 33.8. The van der Waals surface area contributed by atoms with Gasteiger partial charge < -0.3 is 10.3 Å². The van der Waals surface area contributed by atoms with E-state index in [1.54, 1.807) is 36.7 Å². The van der Waals surface area contributed by atoms with Gasteiger partial charge in [0.05, 0.1) is 6.20 Å². The lowest BCUT2D eigenvalue weighted by molar-refractivity contribution is 0.101. The summed E-state index contributed by atoms with van der Waals surface area (Å²) in [6, 6.07) is 6.89. The van der Waals surface area contributed by atoms with E-state index in [2.05, 4.69) is 20.3 Å². The summed E-state index contributed by atoms with van der Waals surface area (Å²) in [5, 5.41) is 2.71. The fourth-order valence-corrected chi connectivity index (χ4v) is 1.85. The van der Waals surface area contributed by atoms with Gasteiger partial charge in [-0.3, -0.25) is 19.1 Å². The molecular formula is C14H11N5O2. The first kappa shape index (κ1) is 12.8.